The van der Waals surface area contributed by atoms with Crippen molar-refractivity contribution in [2.75, 3.05) is 6.54 Å². The third-order valence-electron chi connectivity index (χ3n) is 2.06. The Labute approximate surface area is 105 Å². The van der Waals surface area contributed by atoms with E-state index in [0.29, 0.717) is 24.3 Å². The molecule has 1 heterocycles. The van der Waals surface area contributed by atoms with Crippen molar-refractivity contribution in [1.82, 2.24) is 10.6 Å². The predicted molar refractivity (Wildman–Crippen MR) is 69.2 cm³/mol. The van der Waals surface area contributed by atoms with Crippen molar-refractivity contribution in [1.29, 1.82) is 0 Å². The molecule has 0 aliphatic rings. The minimum atomic E-state index is -0.0655. The average Bonchev–Trinajstić information content (AvgIpc) is 2.76. The van der Waals surface area contributed by atoms with E-state index >= 15 is 0 Å². The van der Waals surface area contributed by atoms with Crippen LogP contribution in [-0.2, 0) is 4.79 Å². The van der Waals surface area contributed by atoms with Gasteiger partial charge in [-0.2, -0.15) is 0 Å². The number of carbonyl (C=O) groups is 2. The zero-order chi connectivity index (χ0) is 12.7. The van der Waals surface area contributed by atoms with Gasteiger partial charge in [0.05, 0.1) is 4.88 Å². The first kappa shape index (κ1) is 13.7. The molecule has 2 amide bonds. The van der Waals surface area contributed by atoms with E-state index in [4.69, 9.17) is 0 Å². The largest absolute Gasteiger partial charge is 0.354 e. The second-order valence-electron chi connectivity index (χ2n) is 4.06. The zero-order valence-corrected chi connectivity index (χ0v) is 11.0. The van der Waals surface area contributed by atoms with Gasteiger partial charge < -0.3 is 10.6 Å². The molecule has 5 heteroatoms. The van der Waals surface area contributed by atoms with Crippen molar-refractivity contribution >= 4 is 23.2 Å². The molecule has 94 valence electrons. The number of hydrogen-bond donors (Lipinski definition) is 2. The summed E-state index contributed by atoms with van der Waals surface area (Å²) in [6.07, 6.45) is 1.11. The smallest absolute Gasteiger partial charge is 0.261 e. The van der Waals surface area contributed by atoms with Crippen LogP contribution in [0.4, 0.5) is 0 Å². The molecular weight excluding hydrogens is 236 g/mol. The van der Waals surface area contributed by atoms with Crippen molar-refractivity contribution in [2.45, 2.75) is 32.7 Å². The first-order valence-electron chi connectivity index (χ1n) is 5.70. The minimum absolute atomic E-state index is 0.0328. The Balaban J connectivity index is 2.12. The predicted octanol–water partition coefficient (Wildman–Crippen LogP) is 1.78. The van der Waals surface area contributed by atoms with Crippen molar-refractivity contribution in [2.24, 2.45) is 0 Å². The Hall–Kier alpha value is -1.36. The van der Waals surface area contributed by atoms with Crippen molar-refractivity contribution in [3.8, 4) is 0 Å². The molecule has 17 heavy (non-hydrogen) atoms. The van der Waals surface area contributed by atoms with Gasteiger partial charge in [-0.15, -0.1) is 11.3 Å². The van der Waals surface area contributed by atoms with Gasteiger partial charge in [-0.05, 0) is 31.7 Å². The van der Waals surface area contributed by atoms with Crippen LogP contribution in [-0.4, -0.2) is 24.4 Å². The van der Waals surface area contributed by atoms with Crippen LogP contribution in [0.5, 0.6) is 0 Å². The number of amides is 2. The highest BCUT2D eigenvalue weighted by Crippen LogP contribution is 2.07. The molecule has 0 aliphatic carbocycles. The van der Waals surface area contributed by atoms with Gasteiger partial charge in [-0.1, -0.05) is 6.07 Å². The summed E-state index contributed by atoms with van der Waals surface area (Å²) < 4.78 is 0. The van der Waals surface area contributed by atoms with Crippen LogP contribution in [0, 0.1) is 0 Å². The Bertz CT molecular complexity index is 361. The lowest BCUT2D eigenvalue weighted by Gasteiger charge is -2.08. The molecule has 2 N–H and O–H groups in total. The molecule has 0 aromatic carbocycles. The lowest BCUT2D eigenvalue weighted by molar-refractivity contribution is -0.121. The normalized spacial score (nSPS) is 10.3. The fraction of sp³-hybridized carbons (Fsp3) is 0.500. The van der Waals surface area contributed by atoms with Gasteiger partial charge in [0.15, 0.2) is 0 Å². The maximum absolute atomic E-state index is 11.5. The van der Waals surface area contributed by atoms with Gasteiger partial charge in [0, 0.05) is 19.0 Å². The molecule has 0 saturated heterocycles. The van der Waals surface area contributed by atoms with Crippen LogP contribution in [0.25, 0.3) is 0 Å². The quantitative estimate of drug-likeness (QED) is 0.760. The molecule has 0 unspecified atom stereocenters. The third-order valence-corrected chi connectivity index (χ3v) is 2.93. The molecule has 4 nitrogen and oxygen atoms in total. The summed E-state index contributed by atoms with van der Waals surface area (Å²) in [6, 6.07) is 3.80. The Morgan fingerprint density at radius 2 is 2.18 bits per heavy atom. The molecule has 0 fully saturated rings. The molecule has 1 aromatic rings. The van der Waals surface area contributed by atoms with E-state index in [1.165, 1.54) is 11.3 Å². The number of rotatable bonds is 6. The average molecular weight is 254 g/mol. The lowest BCUT2D eigenvalue weighted by atomic mass is 10.2. The van der Waals surface area contributed by atoms with Gasteiger partial charge in [-0.25, -0.2) is 0 Å². The van der Waals surface area contributed by atoms with Crippen LogP contribution >= 0.6 is 11.3 Å². The number of thiophene rings is 1. The van der Waals surface area contributed by atoms with Crippen LogP contribution < -0.4 is 10.6 Å². The van der Waals surface area contributed by atoms with Crippen LogP contribution in [0.3, 0.4) is 0 Å². The standard InChI is InChI=1S/C12H18N2O2S/c1-9(2)14-11(15)6-3-7-13-12(16)10-5-4-8-17-10/h4-5,8-9H,3,6-7H2,1-2H3,(H,13,16)(H,14,15). The van der Waals surface area contributed by atoms with Crippen molar-refractivity contribution < 1.29 is 9.59 Å². The molecule has 0 atom stereocenters. The summed E-state index contributed by atoms with van der Waals surface area (Å²) in [5.74, 6) is -0.0327. The van der Waals surface area contributed by atoms with E-state index in [1.807, 2.05) is 25.3 Å². The van der Waals surface area contributed by atoms with E-state index in [2.05, 4.69) is 10.6 Å². The molecule has 1 aromatic heterocycles. The molecule has 1 rings (SSSR count). The third kappa shape index (κ3) is 5.49. The summed E-state index contributed by atoms with van der Waals surface area (Å²) in [5.41, 5.74) is 0. The van der Waals surface area contributed by atoms with E-state index in [-0.39, 0.29) is 17.9 Å². The number of nitrogens with one attached hydrogen (secondary N) is 2. The number of hydrogen-bond acceptors (Lipinski definition) is 3. The van der Waals surface area contributed by atoms with Crippen molar-refractivity contribution in [3.05, 3.63) is 22.4 Å². The molecular formula is C12H18N2O2S. The summed E-state index contributed by atoms with van der Waals surface area (Å²) in [4.78, 5) is 23.5. The zero-order valence-electron chi connectivity index (χ0n) is 10.2. The van der Waals surface area contributed by atoms with Crippen LogP contribution in [0.15, 0.2) is 17.5 Å². The monoisotopic (exact) mass is 254 g/mol. The van der Waals surface area contributed by atoms with Gasteiger partial charge in [0.2, 0.25) is 5.91 Å². The first-order valence-corrected chi connectivity index (χ1v) is 6.58. The second kappa shape index (κ2) is 7.06. The maximum atomic E-state index is 11.5. The molecule has 0 radical (unpaired) electrons. The summed E-state index contributed by atoms with van der Waals surface area (Å²) >= 11 is 1.41. The summed E-state index contributed by atoms with van der Waals surface area (Å²) in [6.45, 7) is 4.38. The highest BCUT2D eigenvalue weighted by molar-refractivity contribution is 7.12. The number of carbonyl (C=O) groups excluding carboxylic acids is 2. The maximum Gasteiger partial charge on any atom is 0.261 e. The van der Waals surface area contributed by atoms with Gasteiger partial charge in [-0.3, -0.25) is 9.59 Å². The van der Waals surface area contributed by atoms with Crippen LogP contribution in [0.1, 0.15) is 36.4 Å². The van der Waals surface area contributed by atoms with Crippen LogP contribution in [0.2, 0.25) is 0 Å². The van der Waals surface area contributed by atoms with Gasteiger partial charge in [0.25, 0.3) is 5.91 Å². The summed E-state index contributed by atoms with van der Waals surface area (Å²) in [5, 5.41) is 7.46. The van der Waals surface area contributed by atoms with Gasteiger partial charge >= 0.3 is 0 Å². The van der Waals surface area contributed by atoms with E-state index in [0.717, 1.165) is 0 Å². The molecule has 0 spiro atoms. The second-order valence-corrected chi connectivity index (χ2v) is 5.01. The highest BCUT2D eigenvalue weighted by atomic mass is 32.1. The highest BCUT2D eigenvalue weighted by Gasteiger charge is 2.06. The Morgan fingerprint density at radius 1 is 1.41 bits per heavy atom. The molecule has 0 saturated carbocycles. The first-order chi connectivity index (χ1) is 8.09. The Kier molecular flexibility index (Phi) is 5.69. The summed E-state index contributed by atoms with van der Waals surface area (Å²) in [7, 11) is 0. The van der Waals surface area contributed by atoms with E-state index < -0.39 is 0 Å². The lowest BCUT2D eigenvalue weighted by Crippen LogP contribution is -2.31. The minimum Gasteiger partial charge on any atom is -0.354 e. The van der Waals surface area contributed by atoms with E-state index in [9.17, 15) is 9.59 Å². The molecule has 0 bridgehead atoms. The molecule has 0 aliphatic heterocycles. The van der Waals surface area contributed by atoms with E-state index in [1.54, 1.807) is 6.07 Å². The fourth-order valence-corrected chi connectivity index (χ4v) is 1.98. The fourth-order valence-electron chi connectivity index (χ4n) is 1.34. The van der Waals surface area contributed by atoms with Crippen molar-refractivity contribution in [3.63, 3.8) is 0 Å². The topological polar surface area (TPSA) is 58.2 Å². The Morgan fingerprint density at radius 3 is 2.76 bits per heavy atom. The van der Waals surface area contributed by atoms with Gasteiger partial charge in [0.1, 0.15) is 0 Å². The SMILES string of the molecule is CC(C)NC(=O)CCCNC(=O)c1cccs1.